The van der Waals surface area contributed by atoms with Crippen LogP contribution in [0.15, 0.2) is 18.2 Å². The van der Waals surface area contributed by atoms with Crippen molar-refractivity contribution in [1.29, 1.82) is 0 Å². The molecule has 1 aliphatic carbocycles. The first-order valence-electron chi connectivity index (χ1n) is 2.99. The Kier molecular flexibility index (Phi) is 11.9. The number of rotatable bonds is 2. The van der Waals surface area contributed by atoms with Gasteiger partial charge in [0.25, 0.3) is 0 Å². The van der Waals surface area contributed by atoms with E-state index in [4.69, 9.17) is 5.11 Å². The normalized spacial score (nSPS) is 10.8. The molecule has 1 rings (SSSR count). The summed E-state index contributed by atoms with van der Waals surface area (Å²) in [5, 5.41) is 7.85. The monoisotopic (exact) mass is 339 g/mol. The standard InChI is InChI=1S/C5H5.C3H3O3.Re/c1-2-4-5-3-1;4-1-3(6)2-5;/h1-3H,4H2;1-2,6H;/q2*-1;. The fourth-order valence-corrected chi connectivity index (χ4v) is 0.368. The number of hydrogen-bond acceptors (Lipinski definition) is 3. The largest absolute Gasteiger partial charge is 0.530 e. The summed E-state index contributed by atoms with van der Waals surface area (Å²) in [7, 11) is 0. The van der Waals surface area contributed by atoms with Gasteiger partial charge in [-0.1, -0.05) is 0 Å². The molecule has 0 aromatic heterocycles. The number of carbonyl (C=O) groups excluding carboxylic acids is 2. The zero-order chi connectivity index (χ0) is 8.53. The molecule has 0 bridgehead atoms. The van der Waals surface area contributed by atoms with Gasteiger partial charge >= 0.3 is 0 Å². The average molecular weight is 338 g/mol. The first-order valence-corrected chi connectivity index (χ1v) is 2.99. The summed E-state index contributed by atoms with van der Waals surface area (Å²) in [6.07, 6.45) is 9.38. The Balaban J connectivity index is 0. The van der Waals surface area contributed by atoms with Gasteiger partial charge in [0.2, 0.25) is 0 Å². The molecule has 1 N–H and O–H groups in total. The molecule has 0 aromatic rings. The van der Waals surface area contributed by atoms with Gasteiger partial charge in [0.15, 0.2) is 0 Å². The molecule has 0 amide bonds. The van der Waals surface area contributed by atoms with Crippen LogP contribution >= 0.6 is 0 Å². The van der Waals surface area contributed by atoms with E-state index in [1.165, 1.54) is 0 Å². The van der Waals surface area contributed by atoms with Crippen LogP contribution in [0.5, 0.6) is 0 Å². The number of aliphatic hydroxyl groups excluding tert-OH is 1. The second-order valence-corrected chi connectivity index (χ2v) is 1.66. The van der Waals surface area contributed by atoms with Crippen molar-refractivity contribution in [2.75, 3.05) is 0 Å². The molecule has 0 atom stereocenters. The quantitative estimate of drug-likeness (QED) is 0.456. The SMILES string of the molecule is O=C[C-](O)C=O.[C-]1=CC=CC1.[Re]. The minimum Gasteiger partial charge on any atom is -0.530 e. The van der Waals surface area contributed by atoms with E-state index in [9.17, 15) is 9.59 Å². The van der Waals surface area contributed by atoms with E-state index in [2.05, 4.69) is 12.2 Å². The van der Waals surface area contributed by atoms with Crippen molar-refractivity contribution in [3.05, 3.63) is 30.4 Å². The Hall–Kier alpha value is -0.688. The molecule has 4 heteroatoms. The maximum atomic E-state index is 9.22. The number of carbonyl (C=O) groups is 2. The number of aliphatic hydroxyl groups is 1. The van der Waals surface area contributed by atoms with Crippen molar-refractivity contribution in [2.45, 2.75) is 6.42 Å². The molecule has 12 heavy (non-hydrogen) atoms. The zero-order valence-corrected chi connectivity index (χ0v) is 8.95. The molecular formula is C8H8O3Re-2. The molecule has 67 valence electrons. The first-order chi connectivity index (χ1) is 5.31. The third-order valence-corrected chi connectivity index (χ3v) is 0.827. The molecule has 0 saturated heterocycles. The van der Waals surface area contributed by atoms with Gasteiger partial charge < -0.3 is 14.7 Å². The van der Waals surface area contributed by atoms with Crippen molar-refractivity contribution in [2.24, 2.45) is 0 Å². The summed E-state index contributed by atoms with van der Waals surface area (Å²) in [6, 6.07) is 0. The van der Waals surface area contributed by atoms with Gasteiger partial charge in [-0.25, -0.2) is 12.2 Å². The van der Waals surface area contributed by atoms with Crippen LogP contribution in [0.2, 0.25) is 0 Å². The maximum absolute atomic E-state index is 9.22. The van der Waals surface area contributed by atoms with E-state index in [-0.39, 0.29) is 33.0 Å². The van der Waals surface area contributed by atoms with Crippen LogP contribution in [-0.4, -0.2) is 17.7 Å². The summed E-state index contributed by atoms with van der Waals surface area (Å²) < 4.78 is 0. The average Bonchev–Trinajstić information content (AvgIpc) is 2.60. The van der Waals surface area contributed by atoms with Crippen molar-refractivity contribution < 1.29 is 35.1 Å². The number of hydrogen-bond donors (Lipinski definition) is 1. The fraction of sp³-hybridized carbons (Fsp3) is 0.125. The van der Waals surface area contributed by atoms with E-state index >= 15 is 0 Å². The molecule has 0 fully saturated rings. The molecule has 0 spiro atoms. The van der Waals surface area contributed by atoms with Crippen LogP contribution in [0.1, 0.15) is 6.42 Å². The van der Waals surface area contributed by atoms with Crippen molar-refractivity contribution >= 4 is 12.6 Å². The molecule has 0 heterocycles. The van der Waals surface area contributed by atoms with E-state index < -0.39 is 6.10 Å². The Morgan fingerprint density at radius 1 is 1.42 bits per heavy atom. The Morgan fingerprint density at radius 3 is 2.08 bits per heavy atom. The predicted molar refractivity (Wildman–Crippen MR) is 38.9 cm³/mol. The van der Waals surface area contributed by atoms with E-state index in [1.54, 1.807) is 0 Å². The Labute approximate surface area is 84.8 Å². The third-order valence-electron chi connectivity index (χ3n) is 0.827. The van der Waals surface area contributed by atoms with Gasteiger partial charge in [-0.15, -0.1) is 12.5 Å². The smallest absolute Gasteiger partial charge is 0.0173 e. The van der Waals surface area contributed by atoms with Gasteiger partial charge in [-0.3, -0.25) is 6.08 Å². The first kappa shape index (κ1) is 13.9. The third kappa shape index (κ3) is 9.31. The summed E-state index contributed by atoms with van der Waals surface area (Å²) in [6.45, 7) is 0. The van der Waals surface area contributed by atoms with Gasteiger partial charge in [-0.05, 0) is 0 Å². The zero-order valence-electron chi connectivity index (χ0n) is 6.24. The van der Waals surface area contributed by atoms with E-state index in [1.807, 2.05) is 12.2 Å². The van der Waals surface area contributed by atoms with Crippen LogP contribution in [0.3, 0.4) is 0 Å². The van der Waals surface area contributed by atoms with Gasteiger partial charge in [-0.2, -0.15) is 6.08 Å². The minimum atomic E-state index is -0.769. The van der Waals surface area contributed by atoms with Crippen LogP contribution < -0.4 is 0 Å². The van der Waals surface area contributed by atoms with Gasteiger partial charge in [0.05, 0.1) is 0 Å². The van der Waals surface area contributed by atoms with Crippen molar-refractivity contribution in [3.8, 4) is 0 Å². The molecule has 1 radical (unpaired) electrons. The van der Waals surface area contributed by atoms with E-state index in [0.717, 1.165) is 6.42 Å². The van der Waals surface area contributed by atoms with Crippen molar-refractivity contribution in [3.63, 3.8) is 0 Å². The molecular weight excluding hydrogens is 330 g/mol. The van der Waals surface area contributed by atoms with Crippen LogP contribution in [0.25, 0.3) is 0 Å². The summed E-state index contributed by atoms with van der Waals surface area (Å²) in [5.41, 5.74) is 0. The molecule has 3 nitrogen and oxygen atoms in total. The second-order valence-electron chi connectivity index (χ2n) is 1.66. The number of allylic oxidation sites excluding steroid dienone is 4. The van der Waals surface area contributed by atoms with Gasteiger partial charge in [0.1, 0.15) is 0 Å². The van der Waals surface area contributed by atoms with Crippen LogP contribution in [-0.2, 0) is 30.0 Å². The molecule has 0 unspecified atom stereocenters. The molecule has 0 saturated carbocycles. The Morgan fingerprint density at radius 2 is 2.00 bits per heavy atom. The second kappa shape index (κ2) is 10.3. The number of aldehydes is 2. The summed E-state index contributed by atoms with van der Waals surface area (Å²) >= 11 is 0. The fourth-order valence-electron chi connectivity index (χ4n) is 0.368. The molecule has 0 aromatic carbocycles. The summed E-state index contributed by atoms with van der Waals surface area (Å²) in [5.74, 6) is 0. The topological polar surface area (TPSA) is 54.4 Å². The molecule has 0 aliphatic heterocycles. The van der Waals surface area contributed by atoms with Crippen molar-refractivity contribution in [1.82, 2.24) is 0 Å². The minimum absolute atomic E-state index is 0. The van der Waals surface area contributed by atoms with E-state index in [0.29, 0.717) is 0 Å². The summed E-state index contributed by atoms with van der Waals surface area (Å²) in [4.78, 5) is 18.4. The predicted octanol–water partition coefficient (Wildman–Crippen LogP) is 0.592. The Bertz CT molecular complexity index is 157. The maximum Gasteiger partial charge on any atom is 0.0173 e. The molecule has 1 aliphatic rings. The van der Waals surface area contributed by atoms with Gasteiger partial charge in [0, 0.05) is 33.0 Å². The van der Waals surface area contributed by atoms with Crippen LogP contribution in [0.4, 0.5) is 0 Å². The van der Waals surface area contributed by atoms with Crippen LogP contribution in [0, 0.1) is 12.2 Å².